The normalized spacial score (nSPS) is 11.2. The van der Waals surface area contributed by atoms with Crippen LogP contribution in [0.15, 0.2) is 170 Å². The maximum Gasteiger partial charge on any atom is 0.335 e. The number of esters is 1. The van der Waals surface area contributed by atoms with E-state index in [2.05, 4.69) is 55.5 Å². The van der Waals surface area contributed by atoms with Gasteiger partial charge in [0.1, 0.15) is 34.5 Å². The molecule has 7 aromatic rings. The summed E-state index contributed by atoms with van der Waals surface area (Å²) in [6.45, 7) is 7.02. The van der Waals surface area contributed by atoms with Crippen molar-refractivity contribution in [1.82, 2.24) is 0 Å². The predicted molar refractivity (Wildman–Crippen MR) is 325 cm³/mol. The topological polar surface area (TPSA) is 147 Å². The highest BCUT2D eigenvalue weighted by atomic mass is 16.5. The standard InChI is InChI=1S/C71H82O11/c1-54(72)82-68-46-44-67(45-47-68)81-53-19-48-71(2,61-32-40-65(41-33-61)79-51-17-13-9-5-3-7-11-15-49-77-63-36-28-57(29-37-63)55-20-24-59(25-21-55)69(73)74)62-34-42-66(43-35-62)80-52-18-14-10-6-4-8-12-16-50-78-64-38-30-58(31-39-64)56-22-26-60(27-23-56)70(75)76/h20-47H,3-19,48-53H2,1-2H3,(H,73,74)(H,75,76). The Kier molecular flexibility index (Phi) is 25.3. The number of rotatable bonds is 38. The molecule has 0 saturated heterocycles. The quantitative estimate of drug-likeness (QED) is 0.0217. The molecule has 11 nitrogen and oxygen atoms in total. The van der Waals surface area contributed by atoms with Gasteiger partial charge in [0.2, 0.25) is 0 Å². The molecule has 0 spiro atoms. The van der Waals surface area contributed by atoms with Gasteiger partial charge in [-0.1, -0.05) is 157 Å². The number of carbonyl (C=O) groups excluding carboxylic acids is 1. The summed E-state index contributed by atoms with van der Waals surface area (Å²) in [5.74, 6) is 2.49. The van der Waals surface area contributed by atoms with Crippen LogP contribution >= 0.6 is 0 Å². The molecule has 0 fully saturated rings. The Morgan fingerprint density at radius 3 is 0.829 bits per heavy atom. The van der Waals surface area contributed by atoms with Crippen molar-refractivity contribution in [3.63, 3.8) is 0 Å². The van der Waals surface area contributed by atoms with Crippen molar-refractivity contribution in [2.75, 3.05) is 33.0 Å². The highest BCUT2D eigenvalue weighted by Crippen LogP contribution is 2.38. The first kappa shape index (κ1) is 61.6. The van der Waals surface area contributed by atoms with Crippen LogP contribution in [0.25, 0.3) is 22.3 Å². The molecular formula is C71H82O11. The number of unbranched alkanes of at least 4 members (excludes halogenated alkanes) is 14. The molecule has 0 amide bonds. The van der Waals surface area contributed by atoms with Crippen molar-refractivity contribution in [3.05, 3.63) is 192 Å². The molecule has 0 aliphatic rings. The maximum absolute atomic E-state index is 11.4. The van der Waals surface area contributed by atoms with Crippen LogP contribution in [-0.4, -0.2) is 61.2 Å². The maximum atomic E-state index is 11.4. The highest BCUT2D eigenvalue weighted by Gasteiger charge is 2.29. The molecule has 0 atom stereocenters. The largest absolute Gasteiger partial charge is 0.494 e. The molecule has 0 bridgehead atoms. The molecule has 82 heavy (non-hydrogen) atoms. The monoisotopic (exact) mass is 1110 g/mol. The lowest BCUT2D eigenvalue weighted by Crippen LogP contribution is -2.24. The van der Waals surface area contributed by atoms with Crippen LogP contribution in [0.5, 0.6) is 34.5 Å². The number of benzene rings is 7. The minimum absolute atomic E-state index is 0.282. The van der Waals surface area contributed by atoms with E-state index in [1.54, 1.807) is 36.4 Å². The van der Waals surface area contributed by atoms with E-state index in [0.29, 0.717) is 38.8 Å². The van der Waals surface area contributed by atoms with E-state index in [9.17, 15) is 14.4 Å². The minimum atomic E-state index is -0.923. The second-order valence-electron chi connectivity index (χ2n) is 21.3. The molecule has 0 aromatic heterocycles. The van der Waals surface area contributed by atoms with Gasteiger partial charge in [-0.05, 0) is 169 Å². The molecule has 0 unspecified atom stereocenters. The molecule has 0 heterocycles. The van der Waals surface area contributed by atoms with E-state index in [4.69, 9.17) is 38.6 Å². The Morgan fingerprint density at radius 2 is 0.549 bits per heavy atom. The number of carboxylic acid groups (broad SMARTS) is 2. The van der Waals surface area contributed by atoms with Gasteiger partial charge < -0.3 is 38.6 Å². The number of carboxylic acids is 2. The molecule has 0 aliphatic carbocycles. The van der Waals surface area contributed by atoms with Gasteiger partial charge in [-0.2, -0.15) is 0 Å². The smallest absolute Gasteiger partial charge is 0.335 e. The van der Waals surface area contributed by atoms with Gasteiger partial charge in [-0.25, -0.2) is 9.59 Å². The Morgan fingerprint density at radius 1 is 0.317 bits per heavy atom. The lowest BCUT2D eigenvalue weighted by atomic mass is 9.73. The number of hydrogen-bond donors (Lipinski definition) is 2. The lowest BCUT2D eigenvalue weighted by Gasteiger charge is -2.31. The van der Waals surface area contributed by atoms with Crippen molar-refractivity contribution >= 4 is 17.9 Å². The summed E-state index contributed by atoms with van der Waals surface area (Å²) < 4.78 is 35.7. The molecular weight excluding hydrogens is 1030 g/mol. The number of hydrogen-bond acceptors (Lipinski definition) is 9. The van der Waals surface area contributed by atoms with Crippen LogP contribution in [-0.2, 0) is 10.2 Å². The third-order valence-electron chi connectivity index (χ3n) is 14.9. The zero-order valence-electron chi connectivity index (χ0n) is 48.0. The first-order chi connectivity index (χ1) is 40.0. The van der Waals surface area contributed by atoms with Gasteiger partial charge in [0.25, 0.3) is 0 Å². The Balaban J connectivity index is 0.758. The molecule has 0 radical (unpaired) electrons. The Labute approximate surface area is 485 Å². The van der Waals surface area contributed by atoms with Crippen LogP contribution in [0.4, 0.5) is 0 Å². The van der Waals surface area contributed by atoms with E-state index in [0.717, 1.165) is 115 Å². The van der Waals surface area contributed by atoms with E-state index in [1.165, 1.54) is 69.4 Å². The summed E-state index contributed by atoms with van der Waals surface area (Å²) in [6.07, 6.45) is 20.1. The van der Waals surface area contributed by atoms with Gasteiger partial charge in [0, 0.05) is 12.3 Å². The van der Waals surface area contributed by atoms with E-state index in [1.807, 2.05) is 84.9 Å². The van der Waals surface area contributed by atoms with E-state index >= 15 is 0 Å². The fraction of sp³-hybridized carbons (Fsp3) is 0.366. The summed E-state index contributed by atoms with van der Waals surface area (Å²) in [4.78, 5) is 33.7. The zero-order valence-corrected chi connectivity index (χ0v) is 48.0. The van der Waals surface area contributed by atoms with Crippen LogP contribution in [0.1, 0.15) is 161 Å². The number of carbonyl (C=O) groups is 3. The Bertz CT molecular complexity index is 2780. The molecule has 0 aliphatic heterocycles. The molecule has 432 valence electrons. The van der Waals surface area contributed by atoms with Crippen LogP contribution in [0.2, 0.25) is 0 Å². The van der Waals surface area contributed by atoms with Crippen molar-refractivity contribution in [1.29, 1.82) is 0 Å². The fourth-order valence-corrected chi connectivity index (χ4v) is 10.1. The third kappa shape index (κ3) is 20.8. The predicted octanol–water partition coefficient (Wildman–Crippen LogP) is 17.7. The van der Waals surface area contributed by atoms with E-state index < -0.39 is 11.9 Å². The first-order valence-corrected chi connectivity index (χ1v) is 29.5. The van der Waals surface area contributed by atoms with Gasteiger partial charge in [0.05, 0.1) is 44.2 Å². The van der Waals surface area contributed by atoms with Gasteiger partial charge in [0.15, 0.2) is 0 Å². The SMILES string of the molecule is CC(=O)Oc1ccc(OCCCC(C)(c2ccc(OCCCCCCCCCCOc3ccc(-c4ccc(C(=O)O)cc4)cc3)cc2)c2ccc(OCCCCCCCCCCOc3ccc(-c4ccc(C(=O)O)cc4)cc3)cc2)cc1. The average Bonchev–Trinajstić information content (AvgIpc) is 3.70. The van der Waals surface area contributed by atoms with Gasteiger partial charge in [-0.3, -0.25) is 4.79 Å². The van der Waals surface area contributed by atoms with Crippen molar-refractivity contribution in [2.45, 2.75) is 135 Å². The average molecular weight is 1110 g/mol. The molecule has 7 aromatic carbocycles. The summed E-state index contributed by atoms with van der Waals surface area (Å²) >= 11 is 0. The second kappa shape index (κ2) is 33.6. The fourth-order valence-electron chi connectivity index (χ4n) is 10.1. The van der Waals surface area contributed by atoms with Crippen molar-refractivity contribution < 1.29 is 53.0 Å². The first-order valence-electron chi connectivity index (χ1n) is 29.5. The van der Waals surface area contributed by atoms with Gasteiger partial charge >= 0.3 is 17.9 Å². The number of aromatic carboxylic acids is 2. The molecule has 0 saturated carbocycles. The third-order valence-corrected chi connectivity index (χ3v) is 14.9. The second-order valence-corrected chi connectivity index (χ2v) is 21.3. The molecule has 2 N–H and O–H groups in total. The zero-order chi connectivity index (χ0) is 57.6. The van der Waals surface area contributed by atoms with E-state index in [-0.39, 0.29) is 22.5 Å². The van der Waals surface area contributed by atoms with Crippen LogP contribution < -0.4 is 28.4 Å². The Hall–Kier alpha value is -8.05. The summed E-state index contributed by atoms with van der Waals surface area (Å²) in [5.41, 5.74) is 6.70. The minimum Gasteiger partial charge on any atom is -0.494 e. The van der Waals surface area contributed by atoms with Gasteiger partial charge in [-0.15, -0.1) is 0 Å². The van der Waals surface area contributed by atoms with Crippen molar-refractivity contribution in [2.24, 2.45) is 0 Å². The molecule has 7 rings (SSSR count). The van der Waals surface area contributed by atoms with Crippen LogP contribution in [0, 0.1) is 0 Å². The number of ether oxygens (including phenoxy) is 6. The molecule has 11 heteroatoms. The summed E-state index contributed by atoms with van der Waals surface area (Å²) in [6, 6.07) is 54.1. The summed E-state index contributed by atoms with van der Waals surface area (Å²) in [7, 11) is 0. The van der Waals surface area contributed by atoms with Crippen LogP contribution in [0.3, 0.4) is 0 Å². The lowest BCUT2D eigenvalue weighted by molar-refractivity contribution is -0.131. The highest BCUT2D eigenvalue weighted by molar-refractivity contribution is 5.89. The van der Waals surface area contributed by atoms with Crippen molar-refractivity contribution in [3.8, 4) is 56.8 Å². The summed E-state index contributed by atoms with van der Waals surface area (Å²) in [5, 5.41) is 18.3.